The van der Waals surface area contributed by atoms with Crippen molar-refractivity contribution in [1.82, 2.24) is 9.78 Å². The minimum atomic E-state index is -4.53. The van der Waals surface area contributed by atoms with Gasteiger partial charge in [-0.25, -0.2) is 0 Å². The van der Waals surface area contributed by atoms with Gasteiger partial charge >= 0.3 is 6.18 Å². The Bertz CT molecular complexity index is 740. The number of carbonyl (C=O) groups is 1. The minimum absolute atomic E-state index is 0.0178. The van der Waals surface area contributed by atoms with Gasteiger partial charge in [-0.15, -0.1) is 0 Å². The molecule has 1 aliphatic heterocycles. The molecule has 1 aromatic carbocycles. The molecule has 122 valence electrons. The monoisotopic (exact) mass is 325 g/mol. The Morgan fingerprint density at radius 2 is 2.13 bits per heavy atom. The average Bonchev–Trinajstić information content (AvgIpc) is 2.90. The summed E-state index contributed by atoms with van der Waals surface area (Å²) in [6.45, 7) is 1.97. The number of anilines is 1. The van der Waals surface area contributed by atoms with Crippen molar-refractivity contribution in [3.8, 4) is 5.75 Å². The van der Waals surface area contributed by atoms with Crippen molar-refractivity contribution in [3.05, 3.63) is 41.7 Å². The Morgan fingerprint density at radius 1 is 1.35 bits per heavy atom. The number of halogens is 3. The first-order valence-electron chi connectivity index (χ1n) is 6.99. The Kier molecular flexibility index (Phi) is 3.75. The molecular weight excluding hydrogens is 311 g/mol. The van der Waals surface area contributed by atoms with Crippen molar-refractivity contribution in [2.75, 3.05) is 18.1 Å². The van der Waals surface area contributed by atoms with Crippen molar-refractivity contribution in [2.45, 2.75) is 19.6 Å². The van der Waals surface area contributed by atoms with Gasteiger partial charge in [-0.2, -0.15) is 18.3 Å². The van der Waals surface area contributed by atoms with Gasteiger partial charge in [0.25, 0.3) is 0 Å². The van der Waals surface area contributed by atoms with E-state index >= 15 is 0 Å². The van der Waals surface area contributed by atoms with Crippen LogP contribution in [0.3, 0.4) is 0 Å². The summed E-state index contributed by atoms with van der Waals surface area (Å²) in [7, 11) is 0. The summed E-state index contributed by atoms with van der Waals surface area (Å²) in [4.78, 5) is 13.7. The zero-order chi connectivity index (χ0) is 16.6. The maximum atomic E-state index is 13.1. The first-order chi connectivity index (χ1) is 10.9. The van der Waals surface area contributed by atoms with Crippen LogP contribution >= 0.6 is 0 Å². The number of rotatable bonds is 2. The third kappa shape index (κ3) is 3.01. The largest absolute Gasteiger partial charge is 0.489 e. The average molecular weight is 325 g/mol. The van der Waals surface area contributed by atoms with Gasteiger partial charge in [0.15, 0.2) is 5.75 Å². The van der Waals surface area contributed by atoms with Crippen LogP contribution in [0.25, 0.3) is 0 Å². The normalized spacial score (nSPS) is 14.3. The Hall–Kier alpha value is -2.51. The summed E-state index contributed by atoms with van der Waals surface area (Å²) < 4.78 is 45.8. The summed E-state index contributed by atoms with van der Waals surface area (Å²) in [6, 6.07) is 5.43. The molecule has 0 bridgehead atoms. The highest BCUT2D eigenvalue weighted by Gasteiger charge is 2.38. The molecule has 1 aliphatic rings. The van der Waals surface area contributed by atoms with E-state index in [9.17, 15) is 18.0 Å². The molecule has 0 saturated heterocycles. The second kappa shape index (κ2) is 5.60. The van der Waals surface area contributed by atoms with Gasteiger partial charge in [-0.3, -0.25) is 9.48 Å². The molecule has 0 atom stereocenters. The second-order valence-corrected chi connectivity index (χ2v) is 5.20. The maximum absolute atomic E-state index is 13.1. The molecular formula is C15H14F3N3O2. The fraction of sp³-hybridized carbons (Fsp3) is 0.333. The van der Waals surface area contributed by atoms with Crippen LogP contribution in [0.4, 0.5) is 18.9 Å². The molecule has 0 aliphatic carbocycles. The lowest BCUT2D eigenvalue weighted by Gasteiger charge is -2.31. The highest BCUT2D eigenvalue weighted by atomic mass is 19.4. The van der Waals surface area contributed by atoms with Crippen molar-refractivity contribution < 1.29 is 22.7 Å². The number of amides is 1. The highest BCUT2D eigenvalue weighted by molar-refractivity contribution is 5.95. The molecule has 0 saturated carbocycles. The van der Waals surface area contributed by atoms with E-state index in [-0.39, 0.29) is 37.0 Å². The van der Waals surface area contributed by atoms with E-state index in [0.717, 1.165) is 11.8 Å². The van der Waals surface area contributed by atoms with Gasteiger partial charge < -0.3 is 9.64 Å². The molecule has 2 aromatic rings. The molecule has 1 amide bonds. The van der Waals surface area contributed by atoms with Crippen molar-refractivity contribution in [3.63, 3.8) is 0 Å². The van der Waals surface area contributed by atoms with E-state index in [2.05, 4.69) is 5.10 Å². The minimum Gasteiger partial charge on any atom is -0.489 e. The number of aromatic nitrogens is 2. The number of aryl methyl sites for hydroxylation is 1. The topological polar surface area (TPSA) is 47.4 Å². The number of alkyl halides is 3. The molecule has 0 radical (unpaired) electrons. The van der Waals surface area contributed by atoms with Crippen LogP contribution in [0.1, 0.15) is 11.3 Å². The van der Waals surface area contributed by atoms with Crippen LogP contribution in [0, 0.1) is 6.92 Å². The lowest BCUT2D eigenvalue weighted by atomic mass is 10.1. The maximum Gasteiger partial charge on any atom is 0.420 e. The Morgan fingerprint density at radius 3 is 2.78 bits per heavy atom. The molecule has 0 fully saturated rings. The summed E-state index contributed by atoms with van der Waals surface area (Å²) in [5.41, 5.74) is 0.0296. The molecule has 5 nitrogen and oxygen atoms in total. The number of nitrogens with zero attached hydrogens (tertiary/aromatic N) is 3. The molecule has 8 heteroatoms. The fourth-order valence-corrected chi connectivity index (χ4v) is 2.51. The van der Waals surface area contributed by atoms with Gasteiger partial charge in [-0.05, 0) is 25.1 Å². The van der Waals surface area contributed by atoms with Gasteiger partial charge in [0.2, 0.25) is 5.91 Å². The summed E-state index contributed by atoms with van der Waals surface area (Å²) in [5, 5.41) is 4.12. The van der Waals surface area contributed by atoms with Crippen LogP contribution < -0.4 is 9.64 Å². The molecule has 2 heterocycles. The number of fused-ring (bicyclic) bond motifs is 1. The van der Waals surface area contributed by atoms with E-state index in [1.54, 1.807) is 19.2 Å². The zero-order valence-corrected chi connectivity index (χ0v) is 12.3. The van der Waals surface area contributed by atoms with E-state index < -0.39 is 11.7 Å². The number of hydrogen-bond acceptors (Lipinski definition) is 3. The van der Waals surface area contributed by atoms with Crippen LogP contribution in [0.5, 0.6) is 5.75 Å². The van der Waals surface area contributed by atoms with Crippen LogP contribution in [0.15, 0.2) is 30.5 Å². The number of para-hydroxylation sites is 1. The third-order valence-electron chi connectivity index (χ3n) is 3.52. The summed E-state index contributed by atoms with van der Waals surface area (Å²) in [5.74, 6) is -0.631. The number of carbonyl (C=O) groups excluding carboxylic acids is 1. The van der Waals surface area contributed by atoms with Crippen LogP contribution in [-0.2, 0) is 17.5 Å². The van der Waals surface area contributed by atoms with E-state index in [1.807, 2.05) is 0 Å². The summed E-state index contributed by atoms with van der Waals surface area (Å²) >= 11 is 0. The van der Waals surface area contributed by atoms with Crippen LogP contribution in [-0.4, -0.2) is 28.8 Å². The van der Waals surface area contributed by atoms with Crippen LogP contribution in [0.2, 0.25) is 0 Å². The third-order valence-corrected chi connectivity index (χ3v) is 3.52. The Balaban J connectivity index is 1.91. The molecule has 0 N–H and O–H groups in total. The van der Waals surface area contributed by atoms with E-state index in [1.165, 1.54) is 21.7 Å². The predicted molar refractivity (Wildman–Crippen MR) is 76.3 cm³/mol. The first kappa shape index (κ1) is 15.4. The first-order valence-corrected chi connectivity index (χ1v) is 6.99. The van der Waals surface area contributed by atoms with Crippen molar-refractivity contribution in [1.29, 1.82) is 0 Å². The molecule has 0 unspecified atom stereocenters. The van der Waals surface area contributed by atoms with Crippen molar-refractivity contribution in [2.24, 2.45) is 0 Å². The highest BCUT2D eigenvalue weighted by Crippen LogP contribution is 2.43. The van der Waals surface area contributed by atoms with E-state index in [0.29, 0.717) is 0 Å². The van der Waals surface area contributed by atoms with E-state index in [4.69, 9.17) is 4.74 Å². The number of hydrogen-bond donors (Lipinski definition) is 0. The van der Waals surface area contributed by atoms with Gasteiger partial charge in [0.1, 0.15) is 13.2 Å². The fourth-order valence-electron chi connectivity index (χ4n) is 2.51. The zero-order valence-electron chi connectivity index (χ0n) is 12.3. The number of benzene rings is 1. The summed E-state index contributed by atoms with van der Waals surface area (Å²) in [6.07, 6.45) is -2.88. The molecule has 0 spiro atoms. The van der Waals surface area contributed by atoms with Crippen molar-refractivity contribution >= 4 is 11.6 Å². The number of ether oxygens (including phenoxy) is 1. The lowest BCUT2D eigenvalue weighted by Crippen LogP contribution is -2.40. The van der Waals surface area contributed by atoms with Gasteiger partial charge in [0.05, 0.1) is 23.5 Å². The van der Waals surface area contributed by atoms with Gasteiger partial charge in [0, 0.05) is 6.20 Å². The standard InChI is InChI=1S/C15H14F3N3O2/c1-10-5-6-20(19-10)9-13(22)21-7-8-23-14-11(15(16,17)18)3-2-4-12(14)21/h2-6H,7-9H2,1H3. The lowest BCUT2D eigenvalue weighted by molar-refractivity contribution is -0.139. The smallest absolute Gasteiger partial charge is 0.420 e. The van der Waals surface area contributed by atoms with Gasteiger partial charge in [-0.1, -0.05) is 6.07 Å². The SMILES string of the molecule is Cc1ccn(CC(=O)N2CCOc3c2cccc3C(F)(F)F)n1. The Labute approximate surface area is 130 Å². The quantitative estimate of drug-likeness (QED) is 0.853. The predicted octanol–water partition coefficient (Wildman–Crippen LogP) is 2.64. The molecule has 1 aromatic heterocycles. The second-order valence-electron chi connectivity index (χ2n) is 5.20. The molecule has 3 rings (SSSR count). The molecule has 23 heavy (non-hydrogen) atoms.